The number of hydrogen-bond acceptors (Lipinski definition) is 4. The van der Waals surface area contributed by atoms with Crippen LogP contribution < -0.4 is 5.32 Å². The second-order valence-electron chi connectivity index (χ2n) is 3.33. The molecule has 7 heteroatoms. The summed E-state index contributed by atoms with van der Waals surface area (Å²) in [6, 6.07) is 3.55. The molecule has 0 radical (unpaired) electrons. The third-order valence-corrected chi connectivity index (χ3v) is 2.52. The van der Waals surface area contributed by atoms with Crippen LogP contribution in [0.25, 0.3) is 0 Å². The van der Waals surface area contributed by atoms with Crippen LogP contribution in [0.4, 0.5) is 5.69 Å². The highest BCUT2D eigenvalue weighted by molar-refractivity contribution is 9.10. The maximum atomic E-state index is 11.6. The molecule has 0 aliphatic rings. The van der Waals surface area contributed by atoms with Crippen molar-refractivity contribution in [2.75, 3.05) is 5.32 Å². The molecule has 0 spiro atoms. The van der Waals surface area contributed by atoms with Crippen LogP contribution in [0, 0.1) is 0 Å². The Kier molecular flexibility index (Phi) is 3.81. The van der Waals surface area contributed by atoms with E-state index in [1.165, 1.54) is 0 Å². The minimum Gasteiger partial charge on any atom is -0.325 e. The number of carbonyl (C=O) groups is 1. The van der Waals surface area contributed by atoms with Gasteiger partial charge in [-0.15, -0.1) is 5.10 Å². The van der Waals surface area contributed by atoms with Crippen molar-refractivity contribution in [3.05, 3.63) is 35.3 Å². The third-order valence-electron chi connectivity index (χ3n) is 2.05. The summed E-state index contributed by atoms with van der Waals surface area (Å²) < 4.78 is 2.34. The van der Waals surface area contributed by atoms with Crippen LogP contribution in [0.2, 0.25) is 0 Å². The van der Waals surface area contributed by atoms with E-state index < -0.39 is 0 Å². The smallest absolute Gasteiger partial charge is 0.226 e. The first-order valence-corrected chi connectivity index (χ1v) is 5.79. The molecule has 0 atom stereocenters. The third kappa shape index (κ3) is 3.63. The van der Waals surface area contributed by atoms with Gasteiger partial charge in [-0.3, -0.25) is 9.48 Å². The van der Waals surface area contributed by atoms with Crippen molar-refractivity contribution in [2.45, 2.75) is 13.0 Å². The molecule has 0 saturated carbocycles. The van der Waals surface area contributed by atoms with Gasteiger partial charge in [0.05, 0.1) is 24.6 Å². The average Bonchev–Trinajstić information content (AvgIpc) is 2.83. The number of hydrogen-bond donors (Lipinski definition) is 1. The summed E-state index contributed by atoms with van der Waals surface area (Å²) in [5.41, 5.74) is 0.678. The Balaban J connectivity index is 1.83. The van der Waals surface area contributed by atoms with Gasteiger partial charge in [-0.2, -0.15) is 0 Å². The highest BCUT2D eigenvalue weighted by Crippen LogP contribution is 2.10. The molecule has 2 rings (SSSR count). The normalized spacial score (nSPS) is 10.2. The zero-order valence-electron chi connectivity index (χ0n) is 8.88. The second kappa shape index (κ2) is 5.53. The standard InChI is InChI=1S/C10H10BrN5O/c11-9-2-1-8(7-12-9)14-10(17)3-5-16-6-4-13-15-16/h1-2,4,6-7H,3,5H2,(H,14,17). The first-order valence-electron chi connectivity index (χ1n) is 4.99. The van der Waals surface area contributed by atoms with Gasteiger partial charge in [-0.1, -0.05) is 5.21 Å². The fraction of sp³-hybridized carbons (Fsp3) is 0.200. The van der Waals surface area contributed by atoms with E-state index in [0.29, 0.717) is 18.7 Å². The highest BCUT2D eigenvalue weighted by atomic mass is 79.9. The van der Waals surface area contributed by atoms with Gasteiger partial charge in [0.1, 0.15) is 4.60 Å². The van der Waals surface area contributed by atoms with Crippen molar-refractivity contribution in [1.29, 1.82) is 0 Å². The first-order chi connectivity index (χ1) is 8.24. The number of nitrogens with zero attached hydrogens (tertiary/aromatic N) is 4. The predicted molar refractivity (Wildman–Crippen MR) is 65.2 cm³/mol. The lowest BCUT2D eigenvalue weighted by Gasteiger charge is -2.04. The van der Waals surface area contributed by atoms with Crippen molar-refractivity contribution in [3.63, 3.8) is 0 Å². The van der Waals surface area contributed by atoms with E-state index in [9.17, 15) is 4.79 Å². The maximum absolute atomic E-state index is 11.6. The number of amides is 1. The number of halogens is 1. The molecule has 0 bridgehead atoms. The Morgan fingerprint density at radius 1 is 1.47 bits per heavy atom. The number of aromatic nitrogens is 4. The Bertz CT molecular complexity index is 482. The lowest BCUT2D eigenvalue weighted by molar-refractivity contribution is -0.116. The molecule has 0 fully saturated rings. The quantitative estimate of drug-likeness (QED) is 0.867. The first kappa shape index (κ1) is 11.7. The molecule has 2 heterocycles. The highest BCUT2D eigenvalue weighted by Gasteiger charge is 2.03. The average molecular weight is 296 g/mol. The molecule has 0 aliphatic heterocycles. The fourth-order valence-corrected chi connectivity index (χ4v) is 1.48. The Hall–Kier alpha value is -1.76. The van der Waals surface area contributed by atoms with Gasteiger partial charge < -0.3 is 5.32 Å². The van der Waals surface area contributed by atoms with Crippen LogP contribution in [0.3, 0.4) is 0 Å². The molecule has 1 N–H and O–H groups in total. The van der Waals surface area contributed by atoms with E-state index in [-0.39, 0.29) is 5.91 Å². The summed E-state index contributed by atoms with van der Waals surface area (Å²) in [5, 5.41) is 10.2. The number of anilines is 1. The molecule has 0 saturated heterocycles. The van der Waals surface area contributed by atoms with Gasteiger partial charge in [0.25, 0.3) is 0 Å². The SMILES string of the molecule is O=C(CCn1ccnn1)Nc1ccc(Br)nc1. The topological polar surface area (TPSA) is 72.7 Å². The summed E-state index contributed by atoms with van der Waals surface area (Å²) in [4.78, 5) is 15.6. The Morgan fingerprint density at radius 3 is 3.00 bits per heavy atom. The van der Waals surface area contributed by atoms with Gasteiger partial charge in [0, 0.05) is 12.6 Å². The monoisotopic (exact) mass is 295 g/mol. The van der Waals surface area contributed by atoms with E-state index in [2.05, 4.69) is 36.5 Å². The van der Waals surface area contributed by atoms with Crippen molar-refractivity contribution in [1.82, 2.24) is 20.0 Å². The number of rotatable bonds is 4. The van der Waals surface area contributed by atoms with E-state index >= 15 is 0 Å². The van der Waals surface area contributed by atoms with Gasteiger partial charge in [-0.25, -0.2) is 4.98 Å². The number of nitrogens with one attached hydrogen (secondary N) is 1. The number of pyridine rings is 1. The van der Waals surface area contributed by atoms with Crippen LogP contribution in [-0.4, -0.2) is 25.9 Å². The summed E-state index contributed by atoms with van der Waals surface area (Å²) >= 11 is 3.23. The van der Waals surface area contributed by atoms with Crippen molar-refractivity contribution >= 4 is 27.5 Å². The van der Waals surface area contributed by atoms with E-state index in [1.54, 1.807) is 35.4 Å². The van der Waals surface area contributed by atoms with Crippen LogP contribution in [-0.2, 0) is 11.3 Å². The molecular formula is C10H10BrN5O. The number of aryl methyl sites for hydroxylation is 1. The maximum Gasteiger partial charge on any atom is 0.226 e. The minimum atomic E-state index is -0.0791. The fourth-order valence-electron chi connectivity index (χ4n) is 1.24. The van der Waals surface area contributed by atoms with Crippen LogP contribution in [0.1, 0.15) is 6.42 Å². The van der Waals surface area contributed by atoms with Crippen LogP contribution >= 0.6 is 15.9 Å². The van der Waals surface area contributed by atoms with Gasteiger partial charge >= 0.3 is 0 Å². The molecule has 17 heavy (non-hydrogen) atoms. The summed E-state index contributed by atoms with van der Waals surface area (Å²) in [5.74, 6) is -0.0791. The minimum absolute atomic E-state index is 0.0791. The molecule has 0 aromatic carbocycles. The Labute approximate surface area is 106 Å². The van der Waals surface area contributed by atoms with E-state index in [4.69, 9.17) is 0 Å². The molecule has 0 unspecified atom stereocenters. The largest absolute Gasteiger partial charge is 0.325 e. The van der Waals surface area contributed by atoms with Crippen LogP contribution in [0.5, 0.6) is 0 Å². The molecule has 2 aromatic heterocycles. The predicted octanol–water partition coefficient (Wildman–Crippen LogP) is 1.46. The number of carbonyl (C=O) groups excluding carboxylic acids is 1. The van der Waals surface area contributed by atoms with Crippen molar-refractivity contribution in [3.8, 4) is 0 Å². The summed E-state index contributed by atoms with van der Waals surface area (Å²) in [7, 11) is 0. The summed E-state index contributed by atoms with van der Waals surface area (Å²) in [6.45, 7) is 0.510. The van der Waals surface area contributed by atoms with E-state index in [0.717, 1.165) is 4.60 Å². The lowest BCUT2D eigenvalue weighted by Crippen LogP contribution is -2.14. The molecule has 1 amide bonds. The molecular weight excluding hydrogens is 286 g/mol. The summed E-state index contributed by atoms with van der Waals surface area (Å²) in [6.07, 6.45) is 5.24. The Morgan fingerprint density at radius 2 is 2.35 bits per heavy atom. The molecule has 6 nitrogen and oxygen atoms in total. The molecule has 2 aromatic rings. The molecule has 0 aliphatic carbocycles. The second-order valence-corrected chi connectivity index (χ2v) is 4.15. The van der Waals surface area contributed by atoms with Crippen molar-refractivity contribution < 1.29 is 4.79 Å². The molecule has 88 valence electrons. The van der Waals surface area contributed by atoms with Gasteiger partial charge in [-0.05, 0) is 28.1 Å². The van der Waals surface area contributed by atoms with Gasteiger partial charge in [0.15, 0.2) is 0 Å². The lowest BCUT2D eigenvalue weighted by atomic mass is 10.3. The zero-order chi connectivity index (χ0) is 12.1. The zero-order valence-corrected chi connectivity index (χ0v) is 10.5. The van der Waals surface area contributed by atoms with Crippen molar-refractivity contribution in [2.24, 2.45) is 0 Å². The van der Waals surface area contributed by atoms with E-state index in [1.807, 2.05) is 0 Å². The van der Waals surface area contributed by atoms with Crippen LogP contribution in [0.15, 0.2) is 35.3 Å². The van der Waals surface area contributed by atoms with Gasteiger partial charge in [0.2, 0.25) is 5.91 Å².